The van der Waals surface area contributed by atoms with Crippen molar-refractivity contribution in [1.29, 1.82) is 0 Å². The number of nitrogens with zero attached hydrogens (tertiary/aromatic N) is 4. The monoisotopic (exact) mass is 561 g/mol. The molecule has 0 bridgehead atoms. The molecule has 2 fully saturated rings. The van der Waals surface area contributed by atoms with Gasteiger partial charge in [-0.25, -0.2) is 4.98 Å². The Bertz CT molecular complexity index is 1220. The first-order valence-corrected chi connectivity index (χ1v) is 15.1. The molecule has 6 heteroatoms. The van der Waals surface area contributed by atoms with Crippen LogP contribution in [0.15, 0.2) is 67.4 Å². The Kier molecular flexibility index (Phi) is 12.7. The van der Waals surface area contributed by atoms with E-state index in [9.17, 15) is 0 Å². The largest absolute Gasteiger partial charge is 0.373 e. The van der Waals surface area contributed by atoms with Gasteiger partial charge >= 0.3 is 0 Å². The molecule has 0 radical (unpaired) electrons. The Hall–Kier alpha value is -2.70. The minimum absolute atomic E-state index is 0.0325. The third kappa shape index (κ3) is 8.90. The maximum atomic E-state index is 6.48. The number of likely N-dealkylation sites (N-methyl/N-ethyl adjacent to an activating group) is 1. The van der Waals surface area contributed by atoms with Crippen LogP contribution in [0.5, 0.6) is 0 Å². The van der Waals surface area contributed by atoms with E-state index in [0.29, 0.717) is 5.02 Å². The highest BCUT2D eigenvalue weighted by molar-refractivity contribution is 6.35. The Morgan fingerprint density at radius 2 is 1.60 bits per heavy atom. The molecule has 2 saturated heterocycles. The number of hydrogen-bond donors (Lipinski definition) is 1. The van der Waals surface area contributed by atoms with Crippen molar-refractivity contribution in [2.45, 2.75) is 52.6 Å². The first-order valence-electron chi connectivity index (χ1n) is 14.7. The number of likely N-dealkylation sites (tertiary alicyclic amines) is 1. The summed E-state index contributed by atoms with van der Waals surface area (Å²) in [5.41, 5.74) is 12.5. The average molecular weight is 562 g/mol. The van der Waals surface area contributed by atoms with Gasteiger partial charge in [-0.15, -0.1) is 0 Å². The molecule has 0 spiro atoms. The number of allylic oxidation sites excluding steroid dienone is 1. The van der Waals surface area contributed by atoms with Crippen LogP contribution >= 0.6 is 11.6 Å². The number of rotatable bonds is 6. The molecule has 1 unspecified atom stereocenters. The molecule has 5 nitrogen and oxygen atoms in total. The molecule has 3 heterocycles. The van der Waals surface area contributed by atoms with Gasteiger partial charge in [-0.05, 0) is 63.2 Å². The third-order valence-corrected chi connectivity index (χ3v) is 7.96. The first-order chi connectivity index (χ1) is 19.3. The summed E-state index contributed by atoms with van der Waals surface area (Å²) in [7, 11) is 2.16. The normalized spacial score (nSPS) is 16.5. The number of fused-ring (bicyclic) bond motifs is 1. The number of nitrogens with two attached hydrogens (primary N) is 1. The van der Waals surface area contributed by atoms with Crippen LogP contribution in [0.3, 0.4) is 0 Å². The van der Waals surface area contributed by atoms with Gasteiger partial charge < -0.3 is 15.5 Å². The van der Waals surface area contributed by atoms with E-state index in [-0.39, 0.29) is 6.17 Å². The van der Waals surface area contributed by atoms with E-state index in [0.717, 1.165) is 59.5 Å². The van der Waals surface area contributed by atoms with E-state index in [4.69, 9.17) is 22.3 Å². The van der Waals surface area contributed by atoms with Crippen molar-refractivity contribution in [2.75, 3.05) is 46.3 Å². The summed E-state index contributed by atoms with van der Waals surface area (Å²) in [6.45, 7) is 21.0. The SMILES string of the molecule is C=C(C)N1CCN(C)CC1.C=Cc1ccc2c(Cl)cc(-c3ccc(C(N)N4CCCC4)cc3)nc2c1.CCCC. The van der Waals surface area contributed by atoms with Crippen molar-refractivity contribution in [3.63, 3.8) is 0 Å². The molecule has 2 N–H and O–H groups in total. The zero-order valence-corrected chi connectivity index (χ0v) is 25.8. The van der Waals surface area contributed by atoms with Crippen molar-refractivity contribution in [3.05, 3.63) is 83.5 Å². The average Bonchev–Trinajstić information content (AvgIpc) is 3.52. The minimum Gasteiger partial charge on any atom is -0.373 e. The second-order valence-corrected chi connectivity index (χ2v) is 11.2. The number of piperazine rings is 1. The molecule has 3 aromatic rings. The van der Waals surface area contributed by atoms with Gasteiger partial charge in [0, 0.05) is 42.8 Å². The Morgan fingerprint density at radius 1 is 0.975 bits per heavy atom. The van der Waals surface area contributed by atoms with Crippen LogP contribution in [0.2, 0.25) is 5.02 Å². The fourth-order valence-corrected chi connectivity index (χ4v) is 5.01. The molecule has 2 aromatic carbocycles. The second-order valence-electron chi connectivity index (χ2n) is 10.8. The molecule has 0 amide bonds. The highest BCUT2D eigenvalue weighted by Gasteiger charge is 2.20. The maximum absolute atomic E-state index is 6.48. The van der Waals surface area contributed by atoms with Crippen LogP contribution in [0, 0.1) is 0 Å². The molecule has 216 valence electrons. The fourth-order valence-electron chi connectivity index (χ4n) is 4.75. The summed E-state index contributed by atoms with van der Waals surface area (Å²) >= 11 is 6.48. The number of aromatic nitrogens is 1. The smallest absolute Gasteiger partial charge is 0.0835 e. The van der Waals surface area contributed by atoms with E-state index < -0.39 is 0 Å². The van der Waals surface area contributed by atoms with Crippen molar-refractivity contribution in [2.24, 2.45) is 5.73 Å². The molecular formula is C34H48ClN5. The highest BCUT2D eigenvalue weighted by Crippen LogP contribution is 2.30. The van der Waals surface area contributed by atoms with Crippen molar-refractivity contribution in [3.8, 4) is 11.3 Å². The molecule has 2 aliphatic heterocycles. The molecule has 1 atom stereocenters. The van der Waals surface area contributed by atoms with E-state index in [1.54, 1.807) is 0 Å². The molecule has 40 heavy (non-hydrogen) atoms. The molecule has 0 aliphatic carbocycles. The molecule has 5 rings (SSSR count). The van der Waals surface area contributed by atoms with E-state index in [1.165, 1.54) is 44.5 Å². The Labute approximate surface area is 247 Å². The van der Waals surface area contributed by atoms with E-state index >= 15 is 0 Å². The van der Waals surface area contributed by atoms with Gasteiger partial charge in [0.2, 0.25) is 0 Å². The van der Waals surface area contributed by atoms with Crippen LogP contribution in [-0.2, 0) is 0 Å². The zero-order chi connectivity index (χ0) is 29.1. The number of unbranched alkanes of at least 4 members (excludes halogenated alkanes) is 1. The zero-order valence-electron chi connectivity index (χ0n) is 25.0. The number of benzene rings is 2. The Morgan fingerprint density at radius 3 is 2.15 bits per heavy atom. The fraction of sp³-hybridized carbons (Fsp3) is 0.441. The molecule has 0 saturated carbocycles. The van der Waals surface area contributed by atoms with Gasteiger partial charge in [-0.1, -0.05) is 93.9 Å². The molecule has 2 aliphatic rings. The van der Waals surface area contributed by atoms with Crippen LogP contribution in [0.1, 0.15) is 63.7 Å². The second kappa shape index (κ2) is 15.9. The predicted molar refractivity (Wildman–Crippen MR) is 174 cm³/mol. The lowest BCUT2D eigenvalue weighted by Gasteiger charge is -2.33. The van der Waals surface area contributed by atoms with Gasteiger partial charge in [0.1, 0.15) is 0 Å². The van der Waals surface area contributed by atoms with Crippen LogP contribution in [-0.4, -0.2) is 66.0 Å². The van der Waals surface area contributed by atoms with Crippen molar-refractivity contribution >= 4 is 28.6 Å². The van der Waals surface area contributed by atoms with Gasteiger partial charge in [0.05, 0.1) is 22.4 Å². The van der Waals surface area contributed by atoms with E-state index in [1.807, 2.05) is 30.3 Å². The number of pyridine rings is 1. The third-order valence-electron chi connectivity index (χ3n) is 7.64. The summed E-state index contributed by atoms with van der Waals surface area (Å²) < 4.78 is 0. The standard InChI is InChI=1S/C22H22ClN3.C8H16N2.C4H10/c1-2-15-5-10-18-19(23)14-20(25-21(18)13-15)16-6-8-17(9-7-16)22(24)26-11-3-4-12-26;1-8(2)10-6-4-9(3)5-7-10;1-3-4-2/h2,5-10,13-14,22H,1,3-4,11-12,24H2;1,4-7H2,2-3H3;3-4H2,1-2H3. The number of hydrogen-bond acceptors (Lipinski definition) is 5. The van der Waals surface area contributed by atoms with E-state index in [2.05, 4.69) is 79.9 Å². The van der Waals surface area contributed by atoms with Crippen LogP contribution in [0.4, 0.5) is 0 Å². The number of halogens is 1. The summed E-state index contributed by atoms with van der Waals surface area (Å²) in [5, 5.41) is 1.66. The predicted octanol–water partition coefficient (Wildman–Crippen LogP) is 7.83. The van der Waals surface area contributed by atoms with Gasteiger partial charge in [0.15, 0.2) is 0 Å². The van der Waals surface area contributed by atoms with Gasteiger partial charge in [-0.2, -0.15) is 0 Å². The summed E-state index contributed by atoms with van der Waals surface area (Å²) in [4.78, 5) is 11.8. The lowest BCUT2D eigenvalue weighted by Crippen LogP contribution is -2.43. The van der Waals surface area contributed by atoms with Crippen LogP contribution < -0.4 is 5.73 Å². The Balaban J connectivity index is 0.000000261. The summed E-state index contributed by atoms with van der Waals surface area (Å²) in [6.07, 6.45) is 6.89. The van der Waals surface area contributed by atoms with Crippen LogP contribution in [0.25, 0.3) is 28.2 Å². The summed E-state index contributed by atoms with van der Waals surface area (Å²) in [5.74, 6) is 0. The quantitative estimate of drug-likeness (QED) is 0.332. The summed E-state index contributed by atoms with van der Waals surface area (Å²) in [6, 6.07) is 16.3. The topological polar surface area (TPSA) is 48.6 Å². The first kappa shape index (κ1) is 31.8. The lowest BCUT2D eigenvalue weighted by molar-refractivity contribution is 0.187. The van der Waals surface area contributed by atoms with Crippen molar-refractivity contribution < 1.29 is 0 Å². The maximum Gasteiger partial charge on any atom is 0.0835 e. The lowest BCUT2D eigenvalue weighted by atomic mass is 10.0. The molecule has 1 aromatic heterocycles. The van der Waals surface area contributed by atoms with Crippen molar-refractivity contribution in [1.82, 2.24) is 19.7 Å². The van der Waals surface area contributed by atoms with Gasteiger partial charge in [0.25, 0.3) is 0 Å². The molecular weight excluding hydrogens is 514 g/mol. The highest BCUT2D eigenvalue weighted by atomic mass is 35.5. The minimum atomic E-state index is -0.0325. The van der Waals surface area contributed by atoms with Gasteiger partial charge in [-0.3, -0.25) is 4.90 Å².